The highest BCUT2D eigenvalue weighted by Gasteiger charge is 2.66. The van der Waals surface area contributed by atoms with Crippen molar-refractivity contribution in [2.45, 2.75) is 46.1 Å². The Kier molecular flexibility index (Phi) is 4.00. The summed E-state index contributed by atoms with van der Waals surface area (Å²) in [7, 11) is 0. The first-order valence-electron chi connectivity index (χ1n) is 8.17. The number of nitrogens with zero attached hydrogens (tertiary/aromatic N) is 3. The Hall–Kier alpha value is -1.75. The van der Waals surface area contributed by atoms with Gasteiger partial charge >= 0.3 is 0 Å². The van der Waals surface area contributed by atoms with E-state index >= 15 is 0 Å². The molecule has 1 aliphatic rings. The van der Waals surface area contributed by atoms with E-state index in [4.69, 9.17) is 4.74 Å². The van der Waals surface area contributed by atoms with Crippen molar-refractivity contribution < 1.29 is 9.13 Å². The number of rotatable bonds is 6. The van der Waals surface area contributed by atoms with E-state index in [0.29, 0.717) is 19.8 Å². The number of benzene rings is 1. The Labute approximate surface area is 136 Å². The third-order valence-corrected chi connectivity index (χ3v) is 4.88. The zero-order valence-corrected chi connectivity index (χ0v) is 14.3. The molecule has 0 radical (unpaired) electrons. The smallest absolute Gasteiger partial charge is 0.147 e. The van der Waals surface area contributed by atoms with Crippen molar-refractivity contribution >= 4 is 0 Å². The van der Waals surface area contributed by atoms with Gasteiger partial charge in [-0.25, -0.2) is 14.1 Å². The van der Waals surface area contributed by atoms with Gasteiger partial charge in [0, 0.05) is 12.2 Å². The molecule has 4 nitrogen and oxygen atoms in total. The van der Waals surface area contributed by atoms with Crippen LogP contribution in [0.15, 0.2) is 24.3 Å². The van der Waals surface area contributed by atoms with Gasteiger partial charge in [0.15, 0.2) is 0 Å². The summed E-state index contributed by atoms with van der Waals surface area (Å²) < 4.78 is 21.9. The lowest BCUT2D eigenvalue weighted by atomic mass is 9.86. The van der Waals surface area contributed by atoms with Crippen LogP contribution < -0.4 is 0 Å². The van der Waals surface area contributed by atoms with Gasteiger partial charge in [-0.1, -0.05) is 32.0 Å². The van der Waals surface area contributed by atoms with Crippen LogP contribution in [0.5, 0.6) is 0 Å². The summed E-state index contributed by atoms with van der Waals surface area (Å²) in [4.78, 5) is 4.67. The molecule has 0 bridgehead atoms. The predicted molar refractivity (Wildman–Crippen MR) is 86.8 cm³/mol. The SMILES string of the molecule is CCOCCn1nc(C)nc1C1(c2ccccc2F)CC1(C)C. The van der Waals surface area contributed by atoms with Crippen LogP contribution >= 0.6 is 0 Å². The molecule has 1 atom stereocenters. The molecule has 0 aliphatic heterocycles. The Balaban J connectivity index is 2.06. The first kappa shape index (κ1) is 16.1. The fourth-order valence-electron chi connectivity index (χ4n) is 3.61. The quantitative estimate of drug-likeness (QED) is 0.766. The lowest BCUT2D eigenvalue weighted by Crippen LogP contribution is -2.25. The molecule has 0 N–H and O–H groups in total. The molecule has 23 heavy (non-hydrogen) atoms. The first-order valence-corrected chi connectivity index (χ1v) is 8.17. The Morgan fingerprint density at radius 3 is 2.61 bits per heavy atom. The molecule has 3 rings (SSSR count). The van der Waals surface area contributed by atoms with Crippen LogP contribution in [0.2, 0.25) is 0 Å². The molecule has 1 aromatic carbocycles. The topological polar surface area (TPSA) is 39.9 Å². The highest BCUT2D eigenvalue weighted by atomic mass is 19.1. The second-order valence-corrected chi connectivity index (χ2v) is 6.85. The van der Waals surface area contributed by atoms with Gasteiger partial charge in [0.2, 0.25) is 0 Å². The summed E-state index contributed by atoms with van der Waals surface area (Å²) in [5, 5.41) is 4.51. The Bertz CT molecular complexity index is 710. The summed E-state index contributed by atoms with van der Waals surface area (Å²) in [5.41, 5.74) is 0.263. The molecule has 0 saturated heterocycles. The molecule has 1 aromatic heterocycles. The molecule has 2 aromatic rings. The number of hydrogen-bond acceptors (Lipinski definition) is 3. The summed E-state index contributed by atoms with van der Waals surface area (Å²) in [6.45, 7) is 10.1. The van der Waals surface area contributed by atoms with Gasteiger partial charge in [-0.15, -0.1) is 0 Å². The average molecular weight is 317 g/mol. The van der Waals surface area contributed by atoms with E-state index in [-0.39, 0.29) is 11.2 Å². The number of halogens is 1. The summed E-state index contributed by atoms with van der Waals surface area (Å²) in [6.07, 6.45) is 0.869. The Morgan fingerprint density at radius 1 is 1.30 bits per heavy atom. The summed E-state index contributed by atoms with van der Waals surface area (Å²) in [5.74, 6) is 1.40. The van der Waals surface area contributed by atoms with Crippen LogP contribution in [-0.2, 0) is 16.7 Å². The molecular weight excluding hydrogens is 293 g/mol. The van der Waals surface area contributed by atoms with E-state index in [2.05, 4.69) is 23.9 Å². The molecule has 5 heteroatoms. The van der Waals surface area contributed by atoms with Crippen molar-refractivity contribution in [1.29, 1.82) is 0 Å². The summed E-state index contributed by atoms with van der Waals surface area (Å²) >= 11 is 0. The van der Waals surface area contributed by atoms with E-state index in [1.165, 1.54) is 6.07 Å². The maximum Gasteiger partial charge on any atom is 0.147 e. The van der Waals surface area contributed by atoms with Gasteiger partial charge in [-0.2, -0.15) is 5.10 Å². The van der Waals surface area contributed by atoms with Crippen molar-refractivity contribution in [2.75, 3.05) is 13.2 Å². The molecular formula is C18H24FN3O. The average Bonchev–Trinajstić information content (AvgIpc) is 2.87. The fourth-order valence-corrected chi connectivity index (χ4v) is 3.61. The van der Waals surface area contributed by atoms with Crippen molar-refractivity contribution in [2.24, 2.45) is 5.41 Å². The van der Waals surface area contributed by atoms with Gasteiger partial charge in [0.25, 0.3) is 0 Å². The van der Waals surface area contributed by atoms with Crippen LogP contribution in [0.4, 0.5) is 4.39 Å². The standard InChI is InChI=1S/C18H24FN3O/c1-5-23-11-10-22-16(20-13(2)21-22)18(12-17(18,3)4)14-8-6-7-9-15(14)19/h6-9H,5,10-12H2,1-4H3. The zero-order valence-electron chi connectivity index (χ0n) is 14.3. The molecule has 0 spiro atoms. The fraction of sp³-hybridized carbons (Fsp3) is 0.556. The molecule has 1 fully saturated rings. The second-order valence-electron chi connectivity index (χ2n) is 6.85. The number of hydrogen-bond donors (Lipinski definition) is 0. The largest absolute Gasteiger partial charge is 0.380 e. The highest BCUT2D eigenvalue weighted by molar-refractivity contribution is 5.45. The van der Waals surface area contributed by atoms with Gasteiger partial charge in [-0.3, -0.25) is 0 Å². The number of aryl methyl sites for hydroxylation is 1. The lowest BCUT2D eigenvalue weighted by Gasteiger charge is -2.22. The van der Waals surface area contributed by atoms with Crippen molar-refractivity contribution in [3.8, 4) is 0 Å². The minimum atomic E-state index is -0.411. The molecule has 1 unspecified atom stereocenters. The van der Waals surface area contributed by atoms with Crippen molar-refractivity contribution in [3.63, 3.8) is 0 Å². The van der Waals surface area contributed by atoms with E-state index in [0.717, 1.165) is 23.6 Å². The van der Waals surface area contributed by atoms with Crippen LogP contribution in [0, 0.1) is 18.2 Å². The normalized spacial score (nSPS) is 22.3. The minimum absolute atomic E-state index is 0.0436. The predicted octanol–water partition coefficient (Wildman–Crippen LogP) is 3.48. The lowest BCUT2D eigenvalue weighted by molar-refractivity contribution is 0.135. The van der Waals surface area contributed by atoms with Crippen LogP contribution in [-0.4, -0.2) is 28.0 Å². The molecule has 1 heterocycles. The van der Waals surface area contributed by atoms with Crippen LogP contribution in [0.1, 0.15) is 44.4 Å². The second kappa shape index (κ2) is 5.71. The van der Waals surface area contributed by atoms with Crippen LogP contribution in [0.3, 0.4) is 0 Å². The number of ether oxygens (including phenoxy) is 1. The van der Waals surface area contributed by atoms with Gasteiger partial charge in [-0.05, 0) is 31.7 Å². The third-order valence-electron chi connectivity index (χ3n) is 4.88. The van der Waals surface area contributed by atoms with Crippen molar-refractivity contribution in [1.82, 2.24) is 14.8 Å². The van der Waals surface area contributed by atoms with E-state index in [1.807, 2.05) is 30.7 Å². The summed E-state index contributed by atoms with van der Waals surface area (Å²) in [6, 6.07) is 7.02. The van der Waals surface area contributed by atoms with E-state index in [1.54, 1.807) is 6.07 Å². The van der Waals surface area contributed by atoms with Gasteiger partial charge in [0.1, 0.15) is 17.5 Å². The maximum atomic E-state index is 14.5. The Morgan fingerprint density at radius 2 is 2.00 bits per heavy atom. The van der Waals surface area contributed by atoms with Gasteiger partial charge < -0.3 is 4.74 Å². The van der Waals surface area contributed by atoms with Crippen molar-refractivity contribution in [3.05, 3.63) is 47.3 Å². The number of aromatic nitrogens is 3. The van der Waals surface area contributed by atoms with Gasteiger partial charge in [0.05, 0.1) is 18.6 Å². The van der Waals surface area contributed by atoms with E-state index < -0.39 is 5.41 Å². The highest BCUT2D eigenvalue weighted by Crippen LogP contribution is 2.67. The third kappa shape index (κ3) is 2.57. The van der Waals surface area contributed by atoms with Crippen LogP contribution in [0.25, 0.3) is 0 Å². The molecule has 0 amide bonds. The molecule has 124 valence electrons. The molecule has 1 saturated carbocycles. The zero-order chi connectivity index (χ0) is 16.7. The van der Waals surface area contributed by atoms with E-state index in [9.17, 15) is 4.39 Å². The monoisotopic (exact) mass is 317 g/mol. The maximum absolute atomic E-state index is 14.5. The molecule has 1 aliphatic carbocycles. The first-order chi connectivity index (χ1) is 10.9. The minimum Gasteiger partial charge on any atom is -0.380 e.